The van der Waals surface area contributed by atoms with Gasteiger partial charge >= 0.3 is 0 Å². The number of thiophene rings is 1. The van der Waals surface area contributed by atoms with Crippen LogP contribution >= 0.6 is 27.3 Å². The van der Waals surface area contributed by atoms with E-state index in [4.69, 9.17) is 0 Å². The lowest BCUT2D eigenvalue weighted by Gasteiger charge is -2.25. The maximum atomic E-state index is 12.4. The van der Waals surface area contributed by atoms with Crippen LogP contribution in [0.25, 0.3) is 0 Å². The normalized spacial score (nSPS) is 14.3. The van der Waals surface area contributed by atoms with E-state index in [2.05, 4.69) is 15.9 Å². The zero-order valence-electron chi connectivity index (χ0n) is 10.9. The Morgan fingerprint density at radius 2 is 2.05 bits per heavy atom. The molecule has 0 unspecified atom stereocenters. The van der Waals surface area contributed by atoms with Crippen LogP contribution in [0.15, 0.2) is 34.1 Å². The predicted molar refractivity (Wildman–Crippen MR) is 83.6 cm³/mol. The zero-order chi connectivity index (χ0) is 14.3. The van der Waals surface area contributed by atoms with E-state index in [0.29, 0.717) is 18.4 Å². The molecule has 1 aliphatic heterocycles. The fourth-order valence-electron chi connectivity index (χ4n) is 2.38. The predicted octanol–water partition coefficient (Wildman–Crippen LogP) is 3.65. The molecule has 1 amide bonds. The first-order valence-corrected chi connectivity index (χ1v) is 7.87. The highest BCUT2D eigenvalue weighted by Gasteiger charge is 2.22. The van der Waals surface area contributed by atoms with Crippen LogP contribution in [0.3, 0.4) is 0 Å². The van der Waals surface area contributed by atoms with E-state index < -0.39 is 0 Å². The lowest BCUT2D eigenvalue weighted by Crippen LogP contribution is -2.31. The number of carbonyl (C=O) groups is 2. The number of benzene rings is 1. The van der Waals surface area contributed by atoms with Crippen LogP contribution in [-0.4, -0.2) is 18.7 Å². The van der Waals surface area contributed by atoms with E-state index in [1.165, 1.54) is 11.3 Å². The highest BCUT2D eigenvalue weighted by atomic mass is 79.9. The van der Waals surface area contributed by atoms with Gasteiger partial charge in [0.2, 0.25) is 11.7 Å². The molecule has 20 heavy (non-hydrogen) atoms. The van der Waals surface area contributed by atoms with E-state index in [-0.39, 0.29) is 11.7 Å². The number of rotatable bonds is 2. The average molecular weight is 350 g/mol. The van der Waals surface area contributed by atoms with Gasteiger partial charge in [0.05, 0.1) is 8.66 Å². The Bertz CT molecular complexity index is 708. The van der Waals surface area contributed by atoms with Crippen molar-refractivity contribution in [2.24, 2.45) is 0 Å². The number of hydrogen-bond acceptors (Lipinski definition) is 3. The Morgan fingerprint density at radius 3 is 2.75 bits per heavy atom. The molecule has 1 aromatic carbocycles. The molecule has 0 aliphatic carbocycles. The van der Waals surface area contributed by atoms with Gasteiger partial charge < -0.3 is 4.90 Å². The Balaban J connectivity index is 1.97. The van der Waals surface area contributed by atoms with Gasteiger partial charge in [-0.1, -0.05) is 0 Å². The van der Waals surface area contributed by atoms with Crippen LogP contribution < -0.4 is 4.90 Å². The molecule has 0 saturated heterocycles. The Hall–Kier alpha value is -1.46. The molecule has 2 aromatic rings. The van der Waals surface area contributed by atoms with Gasteiger partial charge in [0.25, 0.3) is 0 Å². The molecule has 0 N–H and O–H groups in total. The van der Waals surface area contributed by atoms with Gasteiger partial charge in [-0.2, -0.15) is 0 Å². The smallest absolute Gasteiger partial charge is 0.227 e. The molecule has 0 bridgehead atoms. The lowest BCUT2D eigenvalue weighted by molar-refractivity contribution is -0.118. The number of anilines is 1. The van der Waals surface area contributed by atoms with Crippen molar-refractivity contribution in [1.29, 1.82) is 0 Å². The van der Waals surface area contributed by atoms with Gasteiger partial charge in [-0.15, -0.1) is 11.3 Å². The summed E-state index contributed by atoms with van der Waals surface area (Å²) in [6.45, 7) is 0. The fraction of sp³-hybridized carbons (Fsp3) is 0.200. The molecule has 3 rings (SSSR count). The largest absolute Gasteiger partial charge is 0.315 e. The van der Waals surface area contributed by atoms with Crippen molar-refractivity contribution in [2.75, 3.05) is 11.9 Å². The van der Waals surface area contributed by atoms with E-state index in [0.717, 1.165) is 19.9 Å². The number of fused-ring (bicyclic) bond motifs is 1. The molecular formula is C15H12BrNO2S. The van der Waals surface area contributed by atoms with Crippen molar-refractivity contribution in [1.82, 2.24) is 0 Å². The van der Waals surface area contributed by atoms with Gasteiger partial charge in [0.1, 0.15) is 0 Å². The van der Waals surface area contributed by atoms with Crippen LogP contribution in [-0.2, 0) is 11.2 Å². The second-order valence-corrected chi connectivity index (χ2v) is 7.19. The summed E-state index contributed by atoms with van der Waals surface area (Å²) in [5.41, 5.74) is 2.65. The van der Waals surface area contributed by atoms with Crippen molar-refractivity contribution in [3.05, 3.63) is 50.1 Å². The number of aryl methyl sites for hydroxylation is 1. The second kappa shape index (κ2) is 5.14. The highest BCUT2D eigenvalue weighted by molar-refractivity contribution is 9.11. The number of ketones is 1. The summed E-state index contributed by atoms with van der Waals surface area (Å²) in [5.74, 6) is 0.154. The van der Waals surface area contributed by atoms with Gasteiger partial charge in [0.15, 0.2) is 0 Å². The molecule has 0 spiro atoms. The van der Waals surface area contributed by atoms with Crippen LogP contribution in [0.1, 0.15) is 27.2 Å². The van der Waals surface area contributed by atoms with Crippen molar-refractivity contribution >= 4 is 44.6 Å². The average Bonchev–Trinajstić information content (AvgIpc) is 2.88. The number of halogens is 1. The molecule has 0 radical (unpaired) electrons. The quantitative estimate of drug-likeness (QED) is 0.776. The fourth-order valence-corrected chi connectivity index (χ4v) is 3.72. The summed E-state index contributed by atoms with van der Waals surface area (Å²) in [5, 5.41) is 0. The molecule has 1 aliphatic rings. The van der Waals surface area contributed by atoms with Gasteiger partial charge in [-0.05, 0) is 58.2 Å². The zero-order valence-corrected chi connectivity index (χ0v) is 13.3. The van der Waals surface area contributed by atoms with E-state index in [9.17, 15) is 9.59 Å². The Kier molecular flexibility index (Phi) is 3.48. The van der Waals surface area contributed by atoms with Crippen molar-refractivity contribution in [3.63, 3.8) is 0 Å². The monoisotopic (exact) mass is 349 g/mol. The molecule has 102 valence electrons. The first-order chi connectivity index (χ1) is 9.56. The van der Waals surface area contributed by atoms with Crippen molar-refractivity contribution < 1.29 is 9.59 Å². The maximum Gasteiger partial charge on any atom is 0.227 e. The van der Waals surface area contributed by atoms with E-state index in [1.54, 1.807) is 18.0 Å². The topological polar surface area (TPSA) is 37.4 Å². The maximum absolute atomic E-state index is 12.4. The summed E-state index contributed by atoms with van der Waals surface area (Å²) in [4.78, 5) is 26.4. The molecular weight excluding hydrogens is 338 g/mol. The van der Waals surface area contributed by atoms with Gasteiger partial charge in [-0.3, -0.25) is 9.59 Å². The molecule has 0 fully saturated rings. The van der Waals surface area contributed by atoms with Crippen molar-refractivity contribution in [3.8, 4) is 0 Å². The molecule has 0 atom stereocenters. The van der Waals surface area contributed by atoms with E-state index >= 15 is 0 Å². The Labute approximate surface area is 129 Å². The third-order valence-corrected chi connectivity index (χ3v) is 5.10. The number of carbonyl (C=O) groups excluding carboxylic acids is 2. The van der Waals surface area contributed by atoms with Crippen molar-refractivity contribution in [2.45, 2.75) is 12.8 Å². The minimum atomic E-state index is 0.0306. The second-order valence-electron chi connectivity index (χ2n) is 4.73. The first-order valence-electron chi connectivity index (χ1n) is 6.26. The minimum Gasteiger partial charge on any atom is -0.315 e. The standard InChI is InChI=1S/C15H12BrNO2S/c1-17-11-4-2-10(8-9(11)3-7-14(17)18)15(19)12-5-6-13(16)20-12/h2,4-6,8H,3,7H2,1H3. The third-order valence-electron chi connectivity index (χ3n) is 3.48. The van der Waals surface area contributed by atoms with Gasteiger partial charge in [0, 0.05) is 24.7 Å². The number of hydrogen-bond donors (Lipinski definition) is 0. The lowest BCUT2D eigenvalue weighted by atomic mass is 9.97. The molecule has 5 heteroatoms. The van der Waals surface area contributed by atoms with Crippen LogP contribution in [0.5, 0.6) is 0 Å². The molecule has 3 nitrogen and oxygen atoms in total. The minimum absolute atomic E-state index is 0.0306. The Morgan fingerprint density at radius 1 is 1.25 bits per heavy atom. The SMILES string of the molecule is CN1C(=O)CCc2cc(C(=O)c3ccc(Br)s3)ccc21. The summed E-state index contributed by atoms with van der Waals surface area (Å²) < 4.78 is 0.948. The molecule has 2 heterocycles. The van der Waals surface area contributed by atoms with Crippen LogP contribution in [0.4, 0.5) is 5.69 Å². The summed E-state index contributed by atoms with van der Waals surface area (Å²) in [7, 11) is 1.78. The summed E-state index contributed by atoms with van der Waals surface area (Å²) in [6.07, 6.45) is 1.21. The molecule has 1 aromatic heterocycles. The summed E-state index contributed by atoms with van der Waals surface area (Å²) in [6, 6.07) is 9.27. The van der Waals surface area contributed by atoms with Gasteiger partial charge in [-0.25, -0.2) is 0 Å². The number of amides is 1. The highest BCUT2D eigenvalue weighted by Crippen LogP contribution is 2.30. The summed E-state index contributed by atoms with van der Waals surface area (Å²) >= 11 is 4.80. The third kappa shape index (κ3) is 2.31. The van der Waals surface area contributed by atoms with Crippen LogP contribution in [0.2, 0.25) is 0 Å². The van der Waals surface area contributed by atoms with Crippen LogP contribution in [0, 0.1) is 0 Å². The first kappa shape index (κ1) is 13.5. The molecule has 0 saturated carbocycles. The number of nitrogens with zero attached hydrogens (tertiary/aromatic N) is 1. The van der Waals surface area contributed by atoms with E-state index in [1.807, 2.05) is 24.3 Å².